The first-order valence-corrected chi connectivity index (χ1v) is 7.30. The molecule has 0 saturated carbocycles. The van der Waals surface area contributed by atoms with E-state index in [1.807, 2.05) is 66.7 Å². The molecular formula is C20H15NO2. The van der Waals surface area contributed by atoms with Gasteiger partial charge in [-0.1, -0.05) is 84.0 Å². The lowest BCUT2D eigenvalue weighted by molar-refractivity contribution is 0.106. The lowest BCUT2D eigenvalue weighted by Gasteiger charge is -2.06. The fraction of sp³-hybridized carbons (Fsp3) is 0. The van der Waals surface area contributed by atoms with Crippen LogP contribution in [-0.2, 0) is 0 Å². The molecule has 3 aromatic carbocycles. The Bertz CT molecular complexity index is 797. The fourth-order valence-electron chi connectivity index (χ4n) is 2.13. The predicted molar refractivity (Wildman–Crippen MR) is 90.8 cm³/mol. The number of para-hydroxylation sites is 1. The van der Waals surface area contributed by atoms with E-state index < -0.39 is 0 Å². The Labute approximate surface area is 134 Å². The van der Waals surface area contributed by atoms with Gasteiger partial charge in [-0.05, 0) is 12.1 Å². The maximum atomic E-state index is 12.8. The smallest absolute Gasteiger partial charge is 0.215 e. The second-order valence-corrected chi connectivity index (χ2v) is 4.91. The molecular weight excluding hydrogens is 286 g/mol. The van der Waals surface area contributed by atoms with E-state index >= 15 is 0 Å². The zero-order valence-corrected chi connectivity index (χ0v) is 12.4. The van der Waals surface area contributed by atoms with E-state index in [4.69, 9.17) is 4.84 Å². The molecule has 0 amide bonds. The second-order valence-electron chi connectivity index (χ2n) is 4.91. The Morgan fingerprint density at radius 3 is 1.70 bits per heavy atom. The van der Waals surface area contributed by atoms with E-state index in [0.717, 1.165) is 5.56 Å². The number of nitrogens with zero attached hydrogens (tertiary/aromatic N) is 1. The molecule has 112 valence electrons. The summed E-state index contributed by atoms with van der Waals surface area (Å²) in [6.07, 6.45) is 0. The quantitative estimate of drug-likeness (QED) is 0.399. The van der Waals surface area contributed by atoms with E-state index in [0.29, 0.717) is 11.3 Å². The van der Waals surface area contributed by atoms with Gasteiger partial charge in [-0.25, -0.2) is 0 Å². The molecule has 3 heteroatoms. The van der Waals surface area contributed by atoms with Gasteiger partial charge in [0.2, 0.25) is 5.78 Å². The van der Waals surface area contributed by atoms with Gasteiger partial charge in [0, 0.05) is 11.1 Å². The van der Waals surface area contributed by atoms with Gasteiger partial charge in [0.1, 0.15) is 0 Å². The highest BCUT2D eigenvalue weighted by molar-refractivity contribution is 6.51. The van der Waals surface area contributed by atoms with Gasteiger partial charge in [0.15, 0.2) is 11.5 Å². The molecule has 0 spiro atoms. The SMILES string of the molecule is O=C(C(=NOc1ccccc1)c1ccccc1)c1ccccc1. The molecule has 3 rings (SSSR count). The molecule has 0 heterocycles. The standard InChI is InChI=1S/C20H15NO2/c22-20(17-12-6-2-7-13-17)19(16-10-4-1-5-11-16)21-23-18-14-8-3-9-15-18/h1-15H. The maximum absolute atomic E-state index is 12.8. The van der Waals surface area contributed by atoms with Crippen LogP contribution in [0.5, 0.6) is 5.75 Å². The number of carbonyl (C=O) groups excluding carboxylic acids is 1. The summed E-state index contributed by atoms with van der Waals surface area (Å²) in [7, 11) is 0. The molecule has 3 nitrogen and oxygen atoms in total. The second kappa shape index (κ2) is 7.18. The Morgan fingerprint density at radius 1 is 0.652 bits per heavy atom. The van der Waals surface area contributed by atoms with Crippen LogP contribution in [0.25, 0.3) is 0 Å². The van der Waals surface area contributed by atoms with Crippen LogP contribution in [0, 0.1) is 0 Å². The summed E-state index contributed by atoms with van der Waals surface area (Å²) in [4.78, 5) is 18.2. The molecule has 0 aliphatic heterocycles. The van der Waals surface area contributed by atoms with E-state index in [-0.39, 0.29) is 11.5 Å². The Balaban J connectivity index is 1.96. The molecule has 3 aromatic rings. The largest absolute Gasteiger partial charge is 0.356 e. The minimum atomic E-state index is -0.173. The van der Waals surface area contributed by atoms with Crippen LogP contribution in [0.1, 0.15) is 15.9 Å². The van der Waals surface area contributed by atoms with Gasteiger partial charge in [-0.15, -0.1) is 0 Å². The van der Waals surface area contributed by atoms with Crippen molar-refractivity contribution in [1.82, 2.24) is 0 Å². The average molecular weight is 301 g/mol. The van der Waals surface area contributed by atoms with Gasteiger partial charge >= 0.3 is 0 Å². The number of benzene rings is 3. The van der Waals surface area contributed by atoms with Gasteiger partial charge in [-0.2, -0.15) is 0 Å². The van der Waals surface area contributed by atoms with E-state index in [1.165, 1.54) is 0 Å². The van der Waals surface area contributed by atoms with Crippen LogP contribution >= 0.6 is 0 Å². The Kier molecular flexibility index (Phi) is 4.60. The van der Waals surface area contributed by atoms with Crippen molar-refractivity contribution in [3.8, 4) is 5.75 Å². The number of ketones is 1. The highest BCUT2D eigenvalue weighted by atomic mass is 16.6. The number of carbonyl (C=O) groups is 1. The van der Waals surface area contributed by atoms with Crippen molar-refractivity contribution in [3.63, 3.8) is 0 Å². The summed E-state index contributed by atoms with van der Waals surface area (Å²) in [5.41, 5.74) is 1.57. The first-order chi connectivity index (χ1) is 11.3. The lowest BCUT2D eigenvalue weighted by atomic mass is 10.0. The van der Waals surface area contributed by atoms with Crippen LogP contribution in [0.15, 0.2) is 96.2 Å². The van der Waals surface area contributed by atoms with Crippen molar-refractivity contribution in [2.45, 2.75) is 0 Å². The number of hydrogen-bond donors (Lipinski definition) is 0. The van der Waals surface area contributed by atoms with E-state index in [2.05, 4.69) is 5.16 Å². The molecule has 0 unspecified atom stereocenters. The fourth-order valence-corrected chi connectivity index (χ4v) is 2.13. The highest BCUT2D eigenvalue weighted by Gasteiger charge is 2.17. The van der Waals surface area contributed by atoms with E-state index in [1.54, 1.807) is 24.3 Å². The van der Waals surface area contributed by atoms with Gasteiger partial charge < -0.3 is 4.84 Å². The lowest BCUT2D eigenvalue weighted by Crippen LogP contribution is -2.17. The molecule has 0 atom stereocenters. The summed E-state index contributed by atoms with van der Waals surface area (Å²) in [6, 6.07) is 27.6. The van der Waals surface area contributed by atoms with Crippen LogP contribution in [0.4, 0.5) is 0 Å². The minimum absolute atomic E-state index is 0.173. The molecule has 0 bridgehead atoms. The van der Waals surface area contributed by atoms with Gasteiger partial charge in [0.05, 0.1) is 0 Å². The minimum Gasteiger partial charge on any atom is -0.356 e. The maximum Gasteiger partial charge on any atom is 0.215 e. The third-order valence-corrected chi connectivity index (χ3v) is 3.28. The van der Waals surface area contributed by atoms with Crippen molar-refractivity contribution in [1.29, 1.82) is 0 Å². The molecule has 0 aromatic heterocycles. The number of Topliss-reactive ketones (excluding diaryl/α,β-unsaturated/α-hetero) is 1. The molecule has 0 aliphatic rings. The van der Waals surface area contributed by atoms with Crippen LogP contribution in [0.2, 0.25) is 0 Å². The Hall–Kier alpha value is -3.20. The summed E-state index contributed by atoms with van der Waals surface area (Å²) in [6.45, 7) is 0. The third-order valence-electron chi connectivity index (χ3n) is 3.28. The monoisotopic (exact) mass is 301 g/mol. The number of rotatable bonds is 5. The molecule has 0 saturated heterocycles. The van der Waals surface area contributed by atoms with Crippen molar-refractivity contribution in [2.24, 2.45) is 5.16 Å². The first-order valence-electron chi connectivity index (χ1n) is 7.30. The third kappa shape index (κ3) is 3.71. The normalized spacial score (nSPS) is 11.0. The summed E-state index contributed by atoms with van der Waals surface area (Å²) < 4.78 is 0. The van der Waals surface area contributed by atoms with Gasteiger partial charge in [-0.3, -0.25) is 4.79 Å². The van der Waals surface area contributed by atoms with Crippen LogP contribution in [-0.4, -0.2) is 11.5 Å². The van der Waals surface area contributed by atoms with Crippen molar-refractivity contribution >= 4 is 11.5 Å². The molecule has 0 N–H and O–H groups in total. The zero-order chi connectivity index (χ0) is 15.9. The van der Waals surface area contributed by atoms with Crippen molar-refractivity contribution in [2.75, 3.05) is 0 Å². The summed E-state index contributed by atoms with van der Waals surface area (Å²) in [5.74, 6) is 0.412. The number of hydrogen-bond acceptors (Lipinski definition) is 3. The topological polar surface area (TPSA) is 38.7 Å². The molecule has 0 radical (unpaired) electrons. The predicted octanol–water partition coefficient (Wildman–Crippen LogP) is 4.35. The zero-order valence-electron chi connectivity index (χ0n) is 12.4. The molecule has 0 fully saturated rings. The van der Waals surface area contributed by atoms with Crippen molar-refractivity contribution in [3.05, 3.63) is 102 Å². The van der Waals surface area contributed by atoms with Crippen molar-refractivity contribution < 1.29 is 9.63 Å². The Morgan fingerprint density at radius 2 is 1.13 bits per heavy atom. The van der Waals surface area contributed by atoms with Crippen LogP contribution in [0.3, 0.4) is 0 Å². The first kappa shape index (κ1) is 14.7. The van der Waals surface area contributed by atoms with Gasteiger partial charge in [0.25, 0.3) is 0 Å². The summed E-state index contributed by atoms with van der Waals surface area (Å²) in [5, 5.41) is 4.11. The number of oxime groups is 1. The molecule has 0 aliphatic carbocycles. The van der Waals surface area contributed by atoms with Crippen LogP contribution < -0.4 is 4.84 Å². The summed E-state index contributed by atoms with van der Waals surface area (Å²) >= 11 is 0. The molecule has 23 heavy (non-hydrogen) atoms. The highest BCUT2D eigenvalue weighted by Crippen LogP contribution is 2.13. The van der Waals surface area contributed by atoms with E-state index in [9.17, 15) is 4.79 Å². The average Bonchev–Trinajstić information content (AvgIpc) is 2.64.